The third-order valence-corrected chi connectivity index (χ3v) is 5.34. The third kappa shape index (κ3) is 2.33. The highest BCUT2D eigenvalue weighted by Crippen LogP contribution is 2.38. The van der Waals surface area contributed by atoms with Crippen LogP contribution in [0.4, 0.5) is 5.69 Å². The first-order valence-electron chi connectivity index (χ1n) is 6.52. The van der Waals surface area contributed by atoms with Crippen molar-refractivity contribution in [3.05, 3.63) is 50.1 Å². The van der Waals surface area contributed by atoms with Crippen molar-refractivity contribution in [2.24, 2.45) is 5.73 Å². The highest BCUT2D eigenvalue weighted by Gasteiger charge is 2.26. The lowest BCUT2D eigenvalue weighted by Gasteiger charge is -2.37. The first kappa shape index (κ1) is 13.2. The minimum atomic E-state index is 0.426. The van der Waals surface area contributed by atoms with Crippen LogP contribution in [0.25, 0.3) is 0 Å². The molecule has 0 radical (unpaired) electrons. The summed E-state index contributed by atoms with van der Waals surface area (Å²) in [6, 6.07) is 9.06. The van der Waals surface area contributed by atoms with Crippen molar-refractivity contribution in [3.8, 4) is 0 Å². The van der Waals surface area contributed by atoms with Gasteiger partial charge in [-0.2, -0.15) is 0 Å². The van der Waals surface area contributed by atoms with Gasteiger partial charge in [-0.3, -0.25) is 0 Å². The predicted octanol–water partition coefficient (Wildman–Crippen LogP) is 4.09. The summed E-state index contributed by atoms with van der Waals surface area (Å²) >= 11 is 5.45. The van der Waals surface area contributed by atoms with Gasteiger partial charge in [-0.25, -0.2) is 0 Å². The van der Waals surface area contributed by atoms with E-state index in [9.17, 15) is 0 Å². The second kappa shape index (κ2) is 5.27. The van der Waals surface area contributed by atoms with Crippen molar-refractivity contribution < 1.29 is 0 Å². The van der Waals surface area contributed by atoms with Crippen molar-refractivity contribution in [1.82, 2.24) is 0 Å². The zero-order valence-corrected chi connectivity index (χ0v) is 13.3. The van der Waals surface area contributed by atoms with E-state index in [4.69, 9.17) is 5.73 Å². The van der Waals surface area contributed by atoms with Crippen molar-refractivity contribution in [2.45, 2.75) is 25.9 Å². The number of nitrogens with zero attached hydrogens (tertiary/aromatic N) is 1. The van der Waals surface area contributed by atoms with Crippen LogP contribution in [0.3, 0.4) is 0 Å². The average molecular weight is 337 g/mol. The first-order valence-corrected chi connectivity index (χ1v) is 8.19. The zero-order chi connectivity index (χ0) is 13.4. The summed E-state index contributed by atoms with van der Waals surface area (Å²) in [5, 5.41) is 2.20. The second-order valence-corrected chi connectivity index (χ2v) is 6.81. The van der Waals surface area contributed by atoms with Crippen molar-refractivity contribution in [2.75, 3.05) is 11.4 Å². The molecule has 1 aromatic carbocycles. The Labute approximate surface area is 126 Å². The number of nitrogens with two attached hydrogens (primary N) is 1. The largest absolute Gasteiger partial charge is 0.364 e. The normalized spacial score (nSPS) is 18.5. The van der Waals surface area contributed by atoms with Crippen LogP contribution in [0.2, 0.25) is 0 Å². The van der Waals surface area contributed by atoms with Gasteiger partial charge in [0.2, 0.25) is 0 Å². The standard InChI is InChI=1S/C15H17BrN2S/c1-10-13-5-7-19-15(13)4-6-18(10)14-8-12(16)3-2-11(14)9-17/h2-3,5,7-8,10H,4,6,9,17H2,1H3. The number of hydrogen-bond acceptors (Lipinski definition) is 3. The topological polar surface area (TPSA) is 29.3 Å². The monoisotopic (exact) mass is 336 g/mol. The van der Waals surface area contributed by atoms with Gasteiger partial charge in [-0.1, -0.05) is 22.0 Å². The molecule has 1 aliphatic rings. The molecule has 19 heavy (non-hydrogen) atoms. The summed E-state index contributed by atoms with van der Waals surface area (Å²) in [5.74, 6) is 0. The van der Waals surface area contributed by atoms with E-state index in [1.807, 2.05) is 11.3 Å². The molecule has 1 atom stereocenters. The van der Waals surface area contributed by atoms with Gasteiger partial charge in [-0.15, -0.1) is 11.3 Å². The van der Waals surface area contributed by atoms with E-state index in [2.05, 4.69) is 57.4 Å². The molecule has 0 saturated heterocycles. The van der Waals surface area contributed by atoms with Crippen LogP contribution in [-0.4, -0.2) is 6.54 Å². The maximum Gasteiger partial charge on any atom is 0.0525 e. The lowest BCUT2D eigenvalue weighted by atomic mass is 9.99. The van der Waals surface area contributed by atoms with Gasteiger partial charge in [0.25, 0.3) is 0 Å². The second-order valence-electron chi connectivity index (χ2n) is 4.90. The first-order chi connectivity index (χ1) is 9.20. The molecule has 4 heteroatoms. The molecule has 1 aromatic heterocycles. The highest BCUT2D eigenvalue weighted by atomic mass is 79.9. The molecule has 0 bridgehead atoms. The number of halogens is 1. The van der Waals surface area contributed by atoms with E-state index in [0.717, 1.165) is 17.4 Å². The minimum Gasteiger partial charge on any atom is -0.364 e. The molecule has 0 aliphatic carbocycles. The molecule has 100 valence electrons. The maximum absolute atomic E-state index is 5.89. The van der Waals surface area contributed by atoms with Crippen molar-refractivity contribution in [1.29, 1.82) is 0 Å². The minimum absolute atomic E-state index is 0.426. The van der Waals surface area contributed by atoms with Gasteiger partial charge in [0.05, 0.1) is 6.04 Å². The molecule has 0 spiro atoms. The Morgan fingerprint density at radius 1 is 1.42 bits per heavy atom. The average Bonchev–Trinajstić information content (AvgIpc) is 2.88. The summed E-state index contributed by atoms with van der Waals surface area (Å²) in [7, 11) is 0. The van der Waals surface area contributed by atoms with E-state index in [-0.39, 0.29) is 0 Å². The molecule has 1 unspecified atom stereocenters. The molecule has 0 saturated carbocycles. The summed E-state index contributed by atoms with van der Waals surface area (Å²) in [6.45, 7) is 3.94. The Hall–Kier alpha value is -0.840. The van der Waals surface area contributed by atoms with Crippen LogP contribution in [0.15, 0.2) is 34.1 Å². The molecule has 0 fully saturated rings. The highest BCUT2D eigenvalue weighted by molar-refractivity contribution is 9.10. The number of benzene rings is 1. The van der Waals surface area contributed by atoms with Crippen LogP contribution < -0.4 is 10.6 Å². The van der Waals surface area contributed by atoms with Crippen LogP contribution in [0, 0.1) is 0 Å². The number of anilines is 1. The Morgan fingerprint density at radius 3 is 3.05 bits per heavy atom. The van der Waals surface area contributed by atoms with Crippen LogP contribution in [0.1, 0.15) is 29.0 Å². The molecule has 0 amide bonds. The van der Waals surface area contributed by atoms with E-state index in [0.29, 0.717) is 12.6 Å². The zero-order valence-electron chi connectivity index (χ0n) is 10.9. The Morgan fingerprint density at radius 2 is 2.26 bits per heavy atom. The number of rotatable bonds is 2. The lowest BCUT2D eigenvalue weighted by molar-refractivity contribution is 0.630. The van der Waals surface area contributed by atoms with Crippen LogP contribution in [-0.2, 0) is 13.0 Å². The predicted molar refractivity (Wildman–Crippen MR) is 85.8 cm³/mol. The quantitative estimate of drug-likeness (QED) is 0.894. The lowest BCUT2D eigenvalue weighted by Crippen LogP contribution is -2.34. The third-order valence-electron chi connectivity index (χ3n) is 3.85. The summed E-state index contributed by atoms with van der Waals surface area (Å²) in [4.78, 5) is 4.01. The maximum atomic E-state index is 5.89. The molecular formula is C15H17BrN2S. The Balaban J connectivity index is 2.02. The number of hydrogen-bond donors (Lipinski definition) is 1. The Kier molecular flexibility index (Phi) is 3.65. The van der Waals surface area contributed by atoms with Gasteiger partial charge >= 0.3 is 0 Å². The van der Waals surface area contributed by atoms with E-state index in [1.54, 1.807) is 0 Å². The SMILES string of the molecule is CC1c2ccsc2CCN1c1cc(Br)ccc1CN. The smallest absolute Gasteiger partial charge is 0.0525 e. The van der Waals surface area contributed by atoms with Crippen LogP contribution in [0.5, 0.6) is 0 Å². The number of fused-ring (bicyclic) bond motifs is 1. The van der Waals surface area contributed by atoms with Crippen molar-refractivity contribution in [3.63, 3.8) is 0 Å². The molecule has 3 rings (SSSR count). The van der Waals surface area contributed by atoms with Gasteiger partial charge in [-0.05, 0) is 48.1 Å². The van der Waals surface area contributed by atoms with Gasteiger partial charge in [0.15, 0.2) is 0 Å². The molecule has 2 heterocycles. The van der Waals surface area contributed by atoms with Gasteiger partial charge in [0.1, 0.15) is 0 Å². The van der Waals surface area contributed by atoms with Gasteiger partial charge in [0, 0.05) is 28.1 Å². The molecule has 2 N–H and O–H groups in total. The van der Waals surface area contributed by atoms with Gasteiger partial charge < -0.3 is 10.6 Å². The summed E-state index contributed by atoms with van der Waals surface area (Å²) in [6.07, 6.45) is 1.13. The summed E-state index contributed by atoms with van der Waals surface area (Å²) in [5.41, 5.74) is 9.84. The van der Waals surface area contributed by atoms with E-state index in [1.165, 1.54) is 21.7 Å². The molecule has 2 nitrogen and oxygen atoms in total. The van der Waals surface area contributed by atoms with E-state index >= 15 is 0 Å². The van der Waals surface area contributed by atoms with E-state index < -0.39 is 0 Å². The number of thiophene rings is 1. The fourth-order valence-corrected chi connectivity index (χ4v) is 4.13. The van der Waals surface area contributed by atoms with Crippen molar-refractivity contribution >= 4 is 33.0 Å². The Bertz CT molecular complexity index is 594. The summed E-state index contributed by atoms with van der Waals surface area (Å²) < 4.78 is 1.11. The fourth-order valence-electron chi connectivity index (χ4n) is 2.82. The molecule has 2 aromatic rings. The molecular weight excluding hydrogens is 320 g/mol. The fraction of sp³-hybridized carbons (Fsp3) is 0.333. The van der Waals surface area contributed by atoms with Crippen LogP contribution >= 0.6 is 27.3 Å². The molecule has 1 aliphatic heterocycles.